The Balaban J connectivity index is 1.61. The maximum absolute atomic E-state index is 11.1. The van der Waals surface area contributed by atoms with Gasteiger partial charge in [0.2, 0.25) is 5.91 Å². The number of amides is 1. The lowest BCUT2D eigenvalue weighted by Gasteiger charge is -2.03. The molecule has 0 fully saturated rings. The highest BCUT2D eigenvalue weighted by atomic mass is 16.5. The van der Waals surface area contributed by atoms with Crippen molar-refractivity contribution < 1.29 is 10.0 Å². The molecule has 1 amide bonds. The number of fused-ring (bicyclic) bond motifs is 2. The number of nitrogens with two attached hydrogens (primary N) is 1. The topological polar surface area (TPSA) is 148 Å². The fourth-order valence-corrected chi connectivity index (χ4v) is 3.24. The molecule has 0 aliphatic heterocycles. The number of hydrogen-bond donors (Lipinski definition) is 4. The first-order chi connectivity index (χ1) is 13.7. The normalized spacial score (nSPS) is 11.3. The Labute approximate surface area is 159 Å². The lowest BCUT2D eigenvalue weighted by atomic mass is 10.1. The highest BCUT2D eigenvalue weighted by Crippen LogP contribution is 2.31. The Morgan fingerprint density at radius 3 is 3.00 bits per heavy atom. The molecule has 4 rings (SSSR count). The van der Waals surface area contributed by atoms with E-state index in [1.165, 1.54) is 6.33 Å². The van der Waals surface area contributed by atoms with Crippen LogP contribution in [-0.4, -0.2) is 40.8 Å². The molecular formula is C18H20N8O2. The predicted octanol–water partition coefficient (Wildman–Crippen LogP) is 2.02. The monoisotopic (exact) mass is 380 g/mol. The summed E-state index contributed by atoms with van der Waals surface area (Å²) in [7, 11) is 0. The number of nitrogens with one attached hydrogen (secondary N) is 2. The fourth-order valence-electron chi connectivity index (χ4n) is 3.24. The summed E-state index contributed by atoms with van der Waals surface area (Å²) >= 11 is 0. The molecule has 0 radical (unpaired) electrons. The van der Waals surface area contributed by atoms with Crippen molar-refractivity contribution in [2.45, 2.75) is 32.2 Å². The zero-order valence-corrected chi connectivity index (χ0v) is 15.1. The van der Waals surface area contributed by atoms with Crippen LogP contribution in [0.25, 0.3) is 33.3 Å². The largest absolute Gasteiger partial charge is 0.383 e. The third-order valence-corrected chi connectivity index (χ3v) is 4.63. The molecule has 0 atom stereocenters. The van der Waals surface area contributed by atoms with Crippen LogP contribution in [-0.2, 0) is 11.3 Å². The average Bonchev–Trinajstić information content (AvgIpc) is 3.32. The molecule has 0 bridgehead atoms. The van der Waals surface area contributed by atoms with Crippen LogP contribution in [0.4, 0.5) is 5.82 Å². The Bertz CT molecular complexity index is 1130. The summed E-state index contributed by atoms with van der Waals surface area (Å²) in [4.78, 5) is 27.1. The van der Waals surface area contributed by atoms with Gasteiger partial charge in [-0.15, -0.1) is 0 Å². The fraction of sp³-hybridized carbons (Fsp3) is 0.278. The first-order valence-electron chi connectivity index (χ1n) is 9.01. The average molecular weight is 380 g/mol. The van der Waals surface area contributed by atoms with Gasteiger partial charge in [-0.05, 0) is 25.0 Å². The number of carbonyl (C=O) groups excluding carboxylic acids is 1. The molecule has 10 nitrogen and oxygen atoms in total. The second-order valence-corrected chi connectivity index (χ2v) is 6.51. The summed E-state index contributed by atoms with van der Waals surface area (Å²) in [5.41, 5.74) is 10.8. The van der Waals surface area contributed by atoms with Crippen molar-refractivity contribution in [3.05, 3.63) is 30.9 Å². The number of unbranched alkanes of at least 4 members (excludes halogenated alkanes) is 2. The number of pyridine rings is 1. The predicted molar refractivity (Wildman–Crippen MR) is 103 cm³/mol. The Morgan fingerprint density at radius 2 is 2.14 bits per heavy atom. The first kappa shape index (κ1) is 17.9. The van der Waals surface area contributed by atoms with E-state index in [-0.39, 0.29) is 5.91 Å². The van der Waals surface area contributed by atoms with Crippen molar-refractivity contribution in [3.8, 4) is 11.3 Å². The minimum Gasteiger partial charge on any atom is -0.383 e. The van der Waals surface area contributed by atoms with E-state index < -0.39 is 0 Å². The first-order valence-corrected chi connectivity index (χ1v) is 9.01. The number of carbonyl (C=O) groups is 1. The van der Waals surface area contributed by atoms with Gasteiger partial charge in [0, 0.05) is 36.3 Å². The molecule has 0 saturated heterocycles. The van der Waals surface area contributed by atoms with Gasteiger partial charge in [0.25, 0.3) is 0 Å². The van der Waals surface area contributed by atoms with E-state index in [4.69, 9.17) is 16.0 Å². The molecular weight excluding hydrogens is 360 g/mol. The van der Waals surface area contributed by atoms with Crippen molar-refractivity contribution >= 4 is 33.8 Å². The summed E-state index contributed by atoms with van der Waals surface area (Å²) in [5, 5.41) is 14.9. The van der Waals surface area contributed by atoms with Crippen molar-refractivity contribution in [2.24, 2.45) is 0 Å². The molecule has 0 saturated carbocycles. The number of nitrogens with zero attached hydrogens (tertiary/aromatic N) is 5. The van der Waals surface area contributed by atoms with Crippen LogP contribution in [0.2, 0.25) is 0 Å². The molecule has 0 aromatic carbocycles. The maximum Gasteiger partial charge on any atom is 0.243 e. The van der Waals surface area contributed by atoms with E-state index in [0.717, 1.165) is 29.4 Å². The smallest absolute Gasteiger partial charge is 0.243 e. The summed E-state index contributed by atoms with van der Waals surface area (Å²) in [6.45, 7) is 0.632. The molecule has 10 heteroatoms. The van der Waals surface area contributed by atoms with Gasteiger partial charge in [-0.3, -0.25) is 10.0 Å². The third kappa shape index (κ3) is 3.37. The lowest BCUT2D eigenvalue weighted by molar-refractivity contribution is -0.129. The van der Waals surface area contributed by atoms with Crippen LogP contribution in [0, 0.1) is 0 Å². The number of aryl methyl sites for hydroxylation is 1. The van der Waals surface area contributed by atoms with Gasteiger partial charge in [0.15, 0.2) is 5.65 Å². The van der Waals surface area contributed by atoms with Crippen molar-refractivity contribution in [1.82, 2.24) is 35.2 Å². The number of aromatic nitrogens is 6. The SMILES string of the molecule is Nc1ncnc2c1c(-c1cnc3[nH]ccc3c1)nn2CCCCCC(=O)NO. The van der Waals surface area contributed by atoms with Crippen LogP contribution < -0.4 is 11.2 Å². The number of rotatable bonds is 7. The highest BCUT2D eigenvalue weighted by molar-refractivity contribution is 5.99. The molecule has 0 aliphatic carbocycles. The van der Waals surface area contributed by atoms with E-state index in [1.807, 2.05) is 23.0 Å². The van der Waals surface area contributed by atoms with Crippen LogP contribution in [0.3, 0.4) is 0 Å². The van der Waals surface area contributed by atoms with Crippen LogP contribution in [0.15, 0.2) is 30.9 Å². The van der Waals surface area contributed by atoms with Crippen molar-refractivity contribution in [3.63, 3.8) is 0 Å². The summed E-state index contributed by atoms with van der Waals surface area (Å²) in [5.74, 6) is 0.0000197. The third-order valence-electron chi connectivity index (χ3n) is 4.63. The van der Waals surface area contributed by atoms with Gasteiger partial charge in [0.05, 0.1) is 5.39 Å². The second-order valence-electron chi connectivity index (χ2n) is 6.51. The number of anilines is 1. The van der Waals surface area contributed by atoms with Crippen molar-refractivity contribution in [2.75, 3.05) is 5.73 Å². The number of nitrogen functional groups attached to an aromatic ring is 1. The second kappa shape index (κ2) is 7.61. The molecule has 5 N–H and O–H groups in total. The van der Waals surface area contributed by atoms with E-state index in [0.29, 0.717) is 41.9 Å². The number of hydroxylamine groups is 1. The summed E-state index contributed by atoms with van der Waals surface area (Å²) in [6, 6.07) is 3.96. The number of H-pyrrole nitrogens is 1. The minimum atomic E-state index is -0.375. The van der Waals surface area contributed by atoms with Gasteiger partial charge >= 0.3 is 0 Å². The minimum absolute atomic E-state index is 0.291. The van der Waals surface area contributed by atoms with E-state index >= 15 is 0 Å². The standard InChI is InChI=1S/C18H20N8O2/c19-16-14-15(12-8-11-5-6-20-17(11)21-9-12)24-26(18(14)23-10-22-16)7-3-1-2-4-13(27)25-28/h5-6,8-10,28H,1-4,7H2,(H,20,21)(H,25,27)(H2,19,22,23). The Hall–Kier alpha value is -3.53. The molecule has 0 spiro atoms. The lowest BCUT2D eigenvalue weighted by Crippen LogP contribution is -2.17. The van der Waals surface area contributed by atoms with Crippen LogP contribution >= 0.6 is 0 Å². The van der Waals surface area contributed by atoms with Crippen LogP contribution in [0.5, 0.6) is 0 Å². The molecule has 144 valence electrons. The highest BCUT2D eigenvalue weighted by Gasteiger charge is 2.17. The van der Waals surface area contributed by atoms with Gasteiger partial charge in [-0.2, -0.15) is 5.10 Å². The van der Waals surface area contributed by atoms with Gasteiger partial charge in [-0.1, -0.05) is 6.42 Å². The molecule has 0 unspecified atom stereocenters. The van der Waals surface area contributed by atoms with E-state index in [9.17, 15) is 4.79 Å². The van der Waals surface area contributed by atoms with Gasteiger partial charge in [0.1, 0.15) is 23.5 Å². The molecule has 4 heterocycles. The van der Waals surface area contributed by atoms with Gasteiger partial charge in [-0.25, -0.2) is 25.1 Å². The van der Waals surface area contributed by atoms with Crippen LogP contribution in [0.1, 0.15) is 25.7 Å². The molecule has 4 aromatic rings. The summed E-state index contributed by atoms with van der Waals surface area (Å²) in [6.07, 6.45) is 7.63. The summed E-state index contributed by atoms with van der Waals surface area (Å²) < 4.78 is 1.82. The van der Waals surface area contributed by atoms with Gasteiger partial charge < -0.3 is 10.7 Å². The van der Waals surface area contributed by atoms with E-state index in [2.05, 4.69) is 19.9 Å². The Kier molecular flexibility index (Phi) is 4.85. The van der Waals surface area contributed by atoms with E-state index in [1.54, 1.807) is 11.7 Å². The molecule has 0 aliphatic rings. The quantitative estimate of drug-likeness (QED) is 0.218. The molecule has 4 aromatic heterocycles. The zero-order valence-electron chi connectivity index (χ0n) is 15.1. The molecule has 28 heavy (non-hydrogen) atoms. The van der Waals surface area contributed by atoms with Crippen molar-refractivity contribution in [1.29, 1.82) is 0 Å². The Morgan fingerprint density at radius 1 is 1.25 bits per heavy atom. The zero-order chi connectivity index (χ0) is 19.5. The number of hydrogen-bond acceptors (Lipinski definition) is 7. The number of aromatic amines is 1. The maximum atomic E-state index is 11.1.